The molecule has 2 aromatic rings. The predicted molar refractivity (Wildman–Crippen MR) is 103 cm³/mol. The Bertz CT molecular complexity index is 902. The molecular formula is C20H23NO5S. The van der Waals surface area contributed by atoms with E-state index in [1.807, 2.05) is 6.92 Å². The van der Waals surface area contributed by atoms with Crippen LogP contribution in [0.15, 0.2) is 53.4 Å². The first-order valence-corrected chi connectivity index (χ1v) is 10.2. The quantitative estimate of drug-likeness (QED) is 0.638. The average molecular weight is 389 g/mol. The Labute approximate surface area is 159 Å². The smallest absolute Gasteiger partial charge is 0.310 e. The van der Waals surface area contributed by atoms with Gasteiger partial charge in [0.05, 0.1) is 4.90 Å². The van der Waals surface area contributed by atoms with Crippen LogP contribution in [0.25, 0.3) is 0 Å². The van der Waals surface area contributed by atoms with Crippen molar-refractivity contribution in [1.29, 1.82) is 0 Å². The number of ketones is 1. The van der Waals surface area contributed by atoms with Crippen LogP contribution in [0.3, 0.4) is 0 Å². The first-order chi connectivity index (χ1) is 12.8. The maximum absolute atomic E-state index is 12.5. The van der Waals surface area contributed by atoms with E-state index in [1.54, 1.807) is 55.5 Å². The van der Waals surface area contributed by atoms with Gasteiger partial charge in [-0.3, -0.25) is 14.3 Å². The van der Waals surface area contributed by atoms with Crippen molar-refractivity contribution in [3.05, 3.63) is 59.7 Å². The maximum Gasteiger partial charge on any atom is 0.310 e. The van der Waals surface area contributed by atoms with E-state index in [9.17, 15) is 18.0 Å². The first-order valence-electron chi connectivity index (χ1n) is 8.73. The molecule has 27 heavy (non-hydrogen) atoms. The molecule has 1 unspecified atom stereocenters. The summed E-state index contributed by atoms with van der Waals surface area (Å²) in [5.74, 6) is -2.04. The number of carboxylic acid groups (broad SMARTS) is 1. The van der Waals surface area contributed by atoms with Gasteiger partial charge in [-0.2, -0.15) is 0 Å². The zero-order valence-corrected chi connectivity index (χ0v) is 16.1. The van der Waals surface area contributed by atoms with E-state index in [4.69, 9.17) is 5.11 Å². The molecule has 2 aromatic carbocycles. The van der Waals surface area contributed by atoms with Crippen molar-refractivity contribution in [2.24, 2.45) is 0 Å². The number of benzene rings is 2. The van der Waals surface area contributed by atoms with Crippen LogP contribution in [0.1, 0.15) is 43.7 Å². The summed E-state index contributed by atoms with van der Waals surface area (Å²) in [6.45, 7) is 3.80. The Morgan fingerprint density at radius 2 is 1.59 bits per heavy atom. The van der Waals surface area contributed by atoms with Gasteiger partial charge in [0.15, 0.2) is 5.78 Å². The molecule has 0 spiro atoms. The highest BCUT2D eigenvalue weighted by molar-refractivity contribution is 7.92. The molecule has 1 atom stereocenters. The minimum atomic E-state index is -3.70. The normalized spacial score (nSPS) is 12.4. The summed E-state index contributed by atoms with van der Waals surface area (Å²) >= 11 is 0. The monoisotopic (exact) mass is 389 g/mol. The number of sulfonamides is 1. The second-order valence-corrected chi connectivity index (χ2v) is 7.91. The van der Waals surface area contributed by atoms with Crippen molar-refractivity contribution in [1.82, 2.24) is 0 Å². The van der Waals surface area contributed by atoms with Gasteiger partial charge in [0.25, 0.3) is 10.0 Å². The molecule has 0 amide bonds. The van der Waals surface area contributed by atoms with E-state index in [0.29, 0.717) is 17.7 Å². The molecule has 0 fully saturated rings. The number of aryl methyl sites for hydroxylation is 1. The SMILES string of the molecule is CCc1ccc(S(=O)(=O)Nc2ccc(C(CC)C(=O)CC(=O)O)cc2)cc1. The highest BCUT2D eigenvalue weighted by Gasteiger charge is 2.21. The van der Waals surface area contributed by atoms with Crippen LogP contribution in [0.5, 0.6) is 0 Å². The summed E-state index contributed by atoms with van der Waals surface area (Å²) < 4.78 is 27.5. The van der Waals surface area contributed by atoms with Gasteiger partial charge in [-0.25, -0.2) is 8.42 Å². The molecule has 7 heteroatoms. The molecule has 2 N–H and O–H groups in total. The van der Waals surface area contributed by atoms with Gasteiger partial charge in [0.2, 0.25) is 0 Å². The molecule has 0 saturated heterocycles. The third-order valence-electron chi connectivity index (χ3n) is 4.33. The van der Waals surface area contributed by atoms with E-state index < -0.39 is 28.3 Å². The van der Waals surface area contributed by atoms with E-state index in [1.165, 1.54) is 0 Å². The van der Waals surface area contributed by atoms with Crippen LogP contribution in [0.2, 0.25) is 0 Å². The molecule has 0 radical (unpaired) electrons. The van der Waals surface area contributed by atoms with Gasteiger partial charge in [-0.1, -0.05) is 38.1 Å². The third-order valence-corrected chi connectivity index (χ3v) is 5.73. The minimum absolute atomic E-state index is 0.173. The molecule has 0 saturated carbocycles. The van der Waals surface area contributed by atoms with Gasteiger partial charge in [-0.15, -0.1) is 0 Å². The molecule has 0 bridgehead atoms. The molecule has 0 heterocycles. The lowest BCUT2D eigenvalue weighted by molar-refractivity contribution is -0.140. The van der Waals surface area contributed by atoms with E-state index in [2.05, 4.69) is 4.72 Å². The topological polar surface area (TPSA) is 101 Å². The van der Waals surface area contributed by atoms with Crippen LogP contribution >= 0.6 is 0 Å². The Morgan fingerprint density at radius 1 is 1.00 bits per heavy atom. The number of nitrogens with one attached hydrogen (secondary N) is 1. The van der Waals surface area contributed by atoms with E-state index in [0.717, 1.165) is 12.0 Å². The van der Waals surface area contributed by atoms with Gasteiger partial charge in [0, 0.05) is 11.6 Å². The summed E-state index contributed by atoms with van der Waals surface area (Å²) in [6, 6.07) is 13.1. The Hall–Kier alpha value is -2.67. The number of carboxylic acids is 1. The summed E-state index contributed by atoms with van der Waals surface area (Å²) in [4.78, 5) is 23.0. The number of aliphatic carboxylic acids is 1. The molecule has 0 aliphatic rings. The van der Waals surface area contributed by atoms with Gasteiger partial charge < -0.3 is 5.11 Å². The van der Waals surface area contributed by atoms with Crippen LogP contribution < -0.4 is 4.72 Å². The largest absolute Gasteiger partial charge is 0.481 e. The number of carbonyl (C=O) groups is 2. The number of anilines is 1. The van der Waals surface area contributed by atoms with Crippen molar-refractivity contribution < 1.29 is 23.1 Å². The molecule has 0 aliphatic carbocycles. The van der Waals surface area contributed by atoms with Crippen molar-refractivity contribution >= 4 is 27.5 Å². The Kier molecular flexibility index (Phi) is 6.74. The first kappa shape index (κ1) is 20.6. The van der Waals surface area contributed by atoms with Gasteiger partial charge >= 0.3 is 5.97 Å². The second-order valence-electron chi connectivity index (χ2n) is 6.22. The summed E-state index contributed by atoms with van der Waals surface area (Å²) in [5.41, 5.74) is 2.09. The highest BCUT2D eigenvalue weighted by atomic mass is 32.2. The molecule has 6 nitrogen and oxygen atoms in total. The number of hydrogen-bond donors (Lipinski definition) is 2. The minimum Gasteiger partial charge on any atom is -0.481 e. The van der Waals surface area contributed by atoms with Crippen LogP contribution in [-0.2, 0) is 26.0 Å². The molecule has 2 rings (SSSR count). The number of hydrogen-bond acceptors (Lipinski definition) is 4. The van der Waals surface area contributed by atoms with Crippen LogP contribution in [0, 0.1) is 0 Å². The fourth-order valence-electron chi connectivity index (χ4n) is 2.82. The summed E-state index contributed by atoms with van der Waals surface area (Å²) in [6.07, 6.45) is 0.774. The average Bonchev–Trinajstić information content (AvgIpc) is 2.63. The van der Waals surface area contributed by atoms with E-state index >= 15 is 0 Å². The lowest BCUT2D eigenvalue weighted by Crippen LogP contribution is -2.16. The molecule has 0 aliphatic heterocycles. The fraction of sp³-hybridized carbons (Fsp3) is 0.300. The number of Topliss-reactive ketones (excluding diaryl/α,β-unsaturated/α-hetero) is 1. The standard InChI is InChI=1S/C20H23NO5S/c1-3-14-5-11-17(12-6-14)27(25,26)21-16-9-7-15(8-10-16)18(4-2)19(22)13-20(23)24/h5-12,18,21H,3-4,13H2,1-2H3,(H,23,24). The van der Waals surface area contributed by atoms with Crippen molar-refractivity contribution in [2.75, 3.05) is 4.72 Å². The fourth-order valence-corrected chi connectivity index (χ4v) is 3.88. The Morgan fingerprint density at radius 3 is 2.07 bits per heavy atom. The van der Waals surface area contributed by atoms with Crippen LogP contribution in [0.4, 0.5) is 5.69 Å². The highest BCUT2D eigenvalue weighted by Crippen LogP contribution is 2.25. The molecule has 144 valence electrons. The zero-order chi connectivity index (χ0) is 20.0. The lowest BCUT2D eigenvalue weighted by Gasteiger charge is -2.14. The predicted octanol–water partition coefficient (Wildman–Crippen LogP) is 3.59. The summed E-state index contributed by atoms with van der Waals surface area (Å²) in [7, 11) is -3.70. The molecular weight excluding hydrogens is 366 g/mol. The van der Waals surface area contributed by atoms with Crippen molar-refractivity contribution in [3.63, 3.8) is 0 Å². The lowest BCUT2D eigenvalue weighted by atomic mass is 9.90. The number of rotatable bonds is 9. The maximum atomic E-state index is 12.5. The zero-order valence-electron chi connectivity index (χ0n) is 15.3. The van der Waals surface area contributed by atoms with Crippen molar-refractivity contribution in [3.8, 4) is 0 Å². The number of carbonyl (C=O) groups excluding carboxylic acids is 1. The second kappa shape index (κ2) is 8.81. The van der Waals surface area contributed by atoms with Gasteiger partial charge in [-0.05, 0) is 48.2 Å². The molecule has 0 aromatic heterocycles. The van der Waals surface area contributed by atoms with Crippen molar-refractivity contribution in [2.45, 2.75) is 43.9 Å². The Balaban J connectivity index is 2.16. The third kappa shape index (κ3) is 5.40. The summed E-state index contributed by atoms with van der Waals surface area (Å²) in [5, 5.41) is 8.79. The van der Waals surface area contributed by atoms with Gasteiger partial charge in [0.1, 0.15) is 6.42 Å². The van der Waals surface area contributed by atoms with E-state index in [-0.39, 0.29) is 10.7 Å². The van der Waals surface area contributed by atoms with Crippen LogP contribution in [-0.4, -0.2) is 25.3 Å².